The van der Waals surface area contributed by atoms with Crippen molar-refractivity contribution in [2.24, 2.45) is 0 Å². The van der Waals surface area contributed by atoms with Gasteiger partial charge in [0.15, 0.2) is 0 Å². The quantitative estimate of drug-likeness (QED) is 0.730. The highest BCUT2D eigenvalue weighted by molar-refractivity contribution is 5.42. The average molecular weight is 193 g/mol. The van der Waals surface area contributed by atoms with E-state index in [4.69, 9.17) is 4.74 Å². The number of hydrogen-bond acceptors (Lipinski definition) is 2. The highest BCUT2D eigenvalue weighted by atomic mass is 16.5. The lowest BCUT2D eigenvalue weighted by Gasteiger charge is -2.16. The van der Waals surface area contributed by atoms with E-state index in [9.17, 15) is 0 Å². The molecule has 2 nitrogen and oxygen atoms in total. The van der Waals surface area contributed by atoms with Gasteiger partial charge in [-0.2, -0.15) is 0 Å². The zero-order valence-corrected chi connectivity index (χ0v) is 9.72. The van der Waals surface area contributed by atoms with Gasteiger partial charge in [-0.15, -0.1) is 0 Å². The molecule has 0 radical (unpaired) electrons. The first-order valence-corrected chi connectivity index (χ1v) is 4.83. The number of hydrogen-bond donors (Lipinski definition) is 0. The highest BCUT2D eigenvalue weighted by Crippen LogP contribution is 2.24. The Kier molecular flexibility index (Phi) is 3.53. The van der Waals surface area contributed by atoms with Gasteiger partial charge in [0.05, 0.1) is 7.11 Å². The minimum absolute atomic E-state index is 0.926. The van der Waals surface area contributed by atoms with Crippen molar-refractivity contribution < 1.29 is 4.74 Å². The smallest absolute Gasteiger partial charge is 0.123 e. The van der Waals surface area contributed by atoms with Crippen LogP contribution in [0.15, 0.2) is 12.1 Å². The molecule has 0 saturated carbocycles. The summed E-state index contributed by atoms with van der Waals surface area (Å²) in [7, 11) is 5.87. The Hall–Kier alpha value is -1.02. The molecule has 0 atom stereocenters. The highest BCUT2D eigenvalue weighted by Gasteiger charge is 2.07. The van der Waals surface area contributed by atoms with Crippen LogP contribution in [-0.4, -0.2) is 26.1 Å². The minimum Gasteiger partial charge on any atom is -0.496 e. The van der Waals surface area contributed by atoms with Gasteiger partial charge in [0.2, 0.25) is 0 Å². The van der Waals surface area contributed by atoms with Crippen LogP contribution in [0.4, 0.5) is 0 Å². The second-order valence-electron chi connectivity index (χ2n) is 4.00. The molecule has 78 valence electrons. The molecule has 0 fully saturated rings. The fourth-order valence-corrected chi connectivity index (χ4v) is 1.66. The van der Waals surface area contributed by atoms with Gasteiger partial charge in [-0.3, -0.25) is 0 Å². The van der Waals surface area contributed by atoms with E-state index in [1.54, 1.807) is 7.11 Å². The van der Waals surface area contributed by atoms with Crippen LogP contribution in [0.5, 0.6) is 5.75 Å². The second kappa shape index (κ2) is 4.47. The van der Waals surface area contributed by atoms with Crippen LogP contribution < -0.4 is 4.74 Å². The molecule has 0 N–H and O–H groups in total. The van der Waals surface area contributed by atoms with Gasteiger partial charge in [0.1, 0.15) is 5.75 Å². The summed E-state index contributed by atoms with van der Waals surface area (Å²) in [5, 5.41) is 0. The van der Waals surface area contributed by atoms with Crippen LogP contribution in [0.2, 0.25) is 0 Å². The molecule has 0 bridgehead atoms. The van der Waals surface area contributed by atoms with Gasteiger partial charge in [0.25, 0.3) is 0 Å². The molecule has 0 aliphatic heterocycles. The van der Waals surface area contributed by atoms with Gasteiger partial charge >= 0.3 is 0 Å². The monoisotopic (exact) mass is 193 g/mol. The van der Waals surface area contributed by atoms with E-state index in [1.165, 1.54) is 16.7 Å². The summed E-state index contributed by atoms with van der Waals surface area (Å²) in [6, 6.07) is 4.28. The van der Waals surface area contributed by atoms with Crippen molar-refractivity contribution in [3.8, 4) is 5.75 Å². The summed E-state index contributed by atoms with van der Waals surface area (Å²) in [5.41, 5.74) is 3.83. The summed E-state index contributed by atoms with van der Waals surface area (Å²) < 4.78 is 5.38. The molecule has 14 heavy (non-hydrogen) atoms. The van der Waals surface area contributed by atoms with E-state index in [2.05, 4.69) is 45.0 Å². The third-order valence-electron chi connectivity index (χ3n) is 2.27. The van der Waals surface area contributed by atoms with Crippen molar-refractivity contribution in [3.05, 3.63) is 28.8 Å². The maximum atomic E-state index is 5.38. The van der Waals surface area contributed by atoms with Gasteiger partial charge in [-0.25, -0.2) is 0 Å². The van der Waals surface area contributed by atoms with Crippen LogP contribution in [-0.2, 0) is 6.54 Å². The summed E-state index contributed by atoms with van der Waals surface area (Å²) in [6.07, 6.45) is 0. The maximum Gasteiger partial charge on any atom is 0.123 e. The first-order chi connectivity index (χ1) is 6.54. The van der Waals surface area contributed by atoms with E-state index >= 15 is 0 Å². The van der Waals surface area contributed by atoms with Crippen molar-refractivity contribution in [1.82, 2.24) is 4.90 Å². The van der Waals surface area contributed by atoms with Crippen molar-refractivity contribution in [3.63, 3.8) is 0 Å². The van der Waals surface area contributed by atoms with Crippen LogP contribution in [0.1, 0.15) is 16.7 Å². The third kappa shape index (κ3) is 2.48. The standard InChI is InChI=1S/C12H19NO/c1-9-6-10(2)11(8-13(3)4)12(7-9)14-5/h6-7H,8H2,1-5H3. The molecule has 1 rings (SSSR count). The zero-order valence-electron chi connectivity index (χ0n) is 9.72. The topological polar surface area (TPSA) is 12.5 Å². The van der Waals surface area contributed by atoms with Crippen LogP contribution >= 0.6 is 0 Å². The Morgan fingerprint density at radius 1 is 1.21 bits per heavy atom. The molecule has 1 aromatic carbocycles. The minimum atomic E-state index is 0.926. The molecule has 1 aromatic rings. The Morgan fingerprint density at radius 3 is 2.36 bits per heavy atom. The number of rotatable bonds is 3. The molecule has 0 unspecified atom stereocenters. The molecule has 0 spiro atoms. The normalized spacial score (nSPS) is 10.7. The molecule has 2 heteroatoms. The SMILES string of the molecule is COc1cc(C)cc(C)c1CN(C)C. The summed E-state index contributed by atoms with van der Waals surface area (Å²) in [6.45, 7) is 5.15. The molecular weight excluding hydrogens is 174 g/mol. The number of nitrogens with zero attached hydrogens (tertiary/aromatic N) is 1. The molecule has 0 saturated heterocycles. The van der Waals surface area contributed by atoms with Gasteiger partial charge in [0, 0.05) is 12.1 Å². The molecular formula is C12H19NO. The lowest BCUT2D eigenvalue weighted by molar-refractivity contribution is 0.370. The number of ether oxygens (including phenoxy) is 1. The fraction of sp³-hybridized carbons (Fsp3) is 0.500. The van der Waals surface area contributed by atoms with Crippen molar-refractivity contribution in [2.45, 2.75) is 20.4 Å². The van der Waals surface area contributed by atoms with Crippen LogP contribution in [0, 0.1) is 13.8 Å². The maximum absolute atomic E-state index is 5.38. The van der Waals surface area contributed by atoms with Gasteiger partial charge < -0.3 is 9.64 Å². The molecule has 0 amide bonds. The molecule has 0 aliphatic carbocycles. The zero-order chi connectivity index (χ0) is 10.7. The average Bonchev–Trinajstić information content (AvgIpc) is 2.08. The van der Waals surface area contributed by atoms with Crippen LogP contribution in [0.25, 0.3) is 0 Å². The van der Waals surface area contributed by atoms with E-state index < -0.39 is 0 Å². The summed E-state index contributed by atoms with van der Waals surface area (Å²) >= 11 is 0. The number of aryl methyl sites for hydroxylation is 2. The number of benzene rings is 1. The largest absolute Gasteiger partial charge is 0.496 e. The fourth-order valence-electron chi connectivity index (χ4n) is 1.66. The van der Waals surface area contributed by atoms with Crippen molar-refractivity contribution >= 4 is 0 Å². The summed E-state index contributed by atoms with van der Waals surface area (Å²) in [4.78, 5) is 2.15. The lowest BCUT2D eigenvalue weighted by atomic mass is 10.0. The number of methoxy groups -OCH3 is 1. The van der Waals surface area contributed by atoms with Crippen molar-refractivity contribution in [2.75, 3.05) is 21.2 Å². The molecule has 0 aromatic heterocycles. The lowest BCUT2D eigenvalue weighted by Crippen LogP contribution is -2.12. The first-order valence-electron chi connectivity index (χ1n) is 4.83. The molecule has 0 heterocycles. The third-order valence-corrected chi connectivity index (χ3v) is 2.27. The first kappa shape index (κ1) is 11.1. The van der Waals surface area contributed by atoms with E-state index in [0.29, 0.717) is 0 Å². The molecule has 0 aliphatic rings. The Balaban J connectivity index is 3.11. The second-order valence-corrected chi connectivity index (χ2v) is 4.00. The van der Waals surface area contributed by atoms with E-state index in [0.717, 1.165) is 12.3 Å². The van der Waals surface area contributed by atoms with Gasteiger partial charge in [-0.1, -0.05) is 6.07 Å². The summed E-state index contributed by atoms with van der Waals surface area (Å²) in [5.74, 6) is 0.996. The van der Waals surface area contributed by atoms with E-state index in [-0.39, 0.29) is 0 Å². The van der Waals surface area contributed by atoms with Gasteiger partial charge in [-0.05, 0) is 45.1 Å². The Bertz CT molecular complexity index is 318. The Morgan fingerprint density at radius 2 is 1.86 bits per heavy atom. The predicted molar refractivity (Wildman–Crippen MR) is 59.9 cm³/mol. The Labute approximate surface area is 86.5 Å². The van der Waals surface area contributed by atoms with E-state index in [1.807, 2.05) is 0 Å². The van der Waals surface area contributed by atoms with Crippen LogP contribution in [0.3, 0.4) is 0 Å². The van der Waals surface area contributed by atoms with Crippen molar-refractivity contribution in [1.29, 1.82) is 0 Å². The predicted octanol–water partition coefficient (Wildman–Crippen LogP) is 2.37.